The lowest BCUT2D eigenvalue weighted by atomic mass is 10.2. The zero-order valence-corrected chi connectivity index (χ0v) is 21.7. The Kier molecular flexibility index (Phi) is 11.8. The van der Waals surface area contributed by atoms with Crippen LogP contribution in [0.2, 0.25) is 0 Å². The molecule has 1 aromatic carbocycles. The van der Waals surface area contributed by atoms with Gasteiger partial charge >= 0.3 is 0 Å². The van der Waals surface area contributed by atoms with Gasteiger partial charge in [0.15, 0.2) is 5.96 Å². The predicted octanol–water partition coefficient (Wildman–Crippen LogP) is 2.07. The number of anilines is 1. The van der Waals surface area contributed by atoms with Crippen molar-refractivity contribution in [1.29, 1.82) is 0 Å². The fourth-order valence-corrected chi connectivity index (χ4v) is 4.10. The second kappa shape index (κ2) is 13.2. The lowest BCUT2D eigenvalue weighted by Crippen LogP contribution is -2.52. The van der Waals surface area contributed by atoms with Crippen molar-refractivity contribution in [1.82, 2.24) is 14.5 Å². The highest BCUT2D eigenvalue weighted by molar-refractivity contribution is 14.0. The van der Waals surface area contributed by atoms with Crippen molar-refractivity contribution in [2.45, 2.75) is 20.3 Å². The van der Waals surface area contributed by atoms with E-state index in [0.29, 0.717) is 19.5 Å². The molecule has 1 aromatic rings. The first-order chi connectivity index (χ1) is 13.9. The maximum Gasteiger partial charge on any atom is 0.213 e. The molecule has 0 aromatic heterocycles. The lowest BCUT2D eigenvalue weighted by molar-refractivity contribution is 0.371. The Labute approximate surface area is 198 Å². The minimum absolute atomic E-state index is 0. The number of aliphatic imine (C=N–C) groups is 1. The summed E-state index contributed by atoms with van der Waals surface area (Å²) in [7, 11) is 0.194. The third kappa shape index (κ3) is 7.77. The van der Waals surface area contributed by atoms with Gasteiger partial charge in [0.05, 0.1) is 12.9 Å². The fourth-order valence-electron chi connectivity index (χ4n) is 3.25. The van der Waals surface area contributed by atoms with Crippen molar-refractivity contribution >= 4 is 45.6 Å². The van der Waals surface area contributed by atoms with Crippen molar-refractivity contribution < 1.29 is 13.2 Å². The summed E-state index contributed by atoms with van der Waals surface area (Å²) in [5.41, 5.74) is 1.17. The van der Waals surface area contributed by atoms with Crippen LogP contribution in [0.15, 0.2) is 29.3 Å². The van der Waals surface area contributed by atoms with E-state index in [0.717, 1.165) is 44.4 Å². The quantitative estimate of drug-likeness (QED) is 0.219. The van der Waals surface area contributed by atoms with Gasteiger partial charge in [0.25, 0.3) is 0 Å². The molecule has 30 heavy (non-hydrogen) atoms. The van der Waals surface area contributed by atoms with Crippen molar-refractivity contribution in [2.75, 3.05) is 70.6 Å². The topological polar surface area (TPSA) is 77.5 Å². The van der Waals surface area contributed by atoms with E-state index in [1.165, 1.54) is 9.99 Å². The summed E-state index contributed by atoms with van der Waals surface area (Å²) >= 11 is 0. The summed E-state index contributed by atoms with van der Waals surface area (Å²) in [5, 5.41) is 3.36. The molecule has 1 saturated heterocycles. The van der Waals surface area contributed by atoms with Gasteiger partial charge in [-0.3, -0.25) is 4.99 Å². The number of hydrogen-bond donors (Lipinski definition) is 1. The normalized spacial score (nSPS) is 15.2. The Morgan fingerprint density at radius 1 is 1.23 bits per heavy atom. The molecular weight excluding hydrogens is 517 g/mol. The molecule has 172 valence electrons. The third-order valence-corrected chi connectivity index (χ3v) is 6.93. The predicted molar refractivity (Wildman–Crippen MR) is 135 cm³/mol. The molecule has 1 N–H and O–H groups in total. The van der Waals surface area contributed by atoms with Crippen molar-refractivity contribution in [3.05, 3.63) is 24.3 Å². The van der Waals surface area contributed by atoms with Gasteiger partial charge in [-0.15, -0.1) is 24.0 Å². The Bertz CT molecular complexity index is 767. The molecular formula is C20H36IN5O3S. The Morgan fingerprint density at radius 3 is 2.53 bits per heavy atom. The van der Waals surface area contributed by atoms with Crippen molar-refractivity contribution in [3.63, 3.8) is 0 Å². The van der Waals surface area contributed by atoms with Gasteiger partial charge in [0.1, 0.15) is 5.75 Å². The Balaban J connectivity index is 0.00000450. The molecule has 0 spiro atoms. The number of benzene rings is 1. The van der Waals surface area contributed by atoms with Gasteiger partial charge in [0, 0.05) is 64.6 Å². The van der Waals surface area contributed by atoms with Gasteiger partial charge in [-0.2, -0.15) is 0 Å². The molecule has 0 amide bonds. The van der Waals surface area contributed by atoms with E-state index >= 15 is 0 Å². The molecule has 1 fully saturated rings. The van der Waals surface area contributed by atoms with E-state index in [4.69, 9.17) is 9.73 Å². The monoisotopic (exact) mass is 553 g/mol. The smallest absolute Gasteiger partial charge is 0.213 e. The van der Waals surface area contributed by atoms with Crippen molar-refractivity contribution in [3.8, 4) is 5.75 Å². The highest BCUT2D eigenvalue weighted by Gasteiger charge is 2.20. The molecule has 2 rings (SSSR count). The first-order valence-corrected chi connectivity index (χ1v) is 11.9. The summed E-state index contributed by atoms with van der Waals surface area (Å²) in [6, 6.07) is 8.15. The van der Waals surface area contributed by atoms with E-state index in [9.17, 15) is 8.42 Å². The van der Waals surface area contributed by atoms with Crippen molar-refractivity contribution in [2.24, 2.45) is 4.99 Å². The van der Waals surface area contributed by atoms with Gasteiger partial charge in [-0.05, 0) is 32.4 Å². The number of guanidine groups is 1. The molecule has 0 atom stereocenters. The SMILES string of the molecule is CCNC(=NCCCN(C)S(=O)(=O)CC)N1CCN(c2cccc(OC)c2)CC1.I. The molecule has 1 aliphatic rings. The summed E-state index contributed by atoms with van der Waals surface area (Å²) < 4.78 is 30.4. The van der Waals surface area contributed by atoms with Gasteiger partial charge in [0.2, 0.25) is 10.0 Å². The van der Waals surface area contributed by atoms with Gasteiger partial charge in [-0.1, -0.05) is 6.07 Å². The largest absolute Gasteiger partial charge is 0.497 e. The highest BCUT2D eigenvalue weighted by atomic mass is 127. The second-order valence-electron chi connectivity index (χ2n) is 6.99. The number of rotatable bonds is 9. The van der Waals surface area contributed by atoms with Crippen LogP contribution < -0.4 is 15.0 Å². The van der Waals surface area contributed by atoms with Gasteiger partial charge < -0.3 is 19.9 Å². The number of hydrogen-bond acceptors (Lipinski definition) is 5. The number of methoxy groups -OCH3 is 1. The molecule has 0 radical (unpaired) electrons. The van der Waals surface area contributed by atoms with E-state index in [1.807, 2.05) is 12.1 Å². The summed E-state index contributed by atoms with van der Waals surface area (Å²) in [4.78, 5) is 9.34. The van der Waals surface area contributed by atoms with Crippen LogP contribution in [0.1, 0.15) is 20.3 Å². The van der Waals surface area contributed by atoms with Crippen LogP contribution in [0.3, 0.4) is 0 Å². The number of nitrogens with one attached hydrogen (secondary N) is 1. The van der Waals surface area contributed by atoms with Crippen LogP contribution >= 0.6 is 24.0 Å². The number of nitrogens with zero attached hydrogens (tertiary/aromatic N) is 4. The van der Waals surface area contributed by atoms with Crippen LogP contribution in [0.4, 0.5) is 5.69 Å². The molecule has 0 saturated carbocycles. The summed E-state index contributed by atoms with van der Waals surface area (Å²) in [5.74, 6) is 1.90. The summed E-state index contributed by atoms with van der Waals surface area (Å²) in [6.45, 7) is 9.20. The van der Waals surface area contributed by atoms with Crippen LogP contribution in [-0.2, 0) is 10.0 Å². The number of piperazine rings is 1. The van der Waals surface area contributed by atoms with E-state index in [1.54, 1.807) is 21.1 Å². The first-order valence-electron chi connectivity index (χ1n) is 10.3. The Morgan fingerprint density at radius 2 is 1.93 bits per heavy atom. The van der Waals surface area contributed by atoms with E-state index < -0.39 is 10.0 Å². The lowest BCUT2D eigenvalue weighted by Gasteiger charge is -2.37. The molecule has 8 nitrogen and oxygen atoms in total. The second-order valence-corrected chi connectivity index (χ2v) is 9.35. The van der Waals surface area contributed by atoms with E-state index in [-0.39, 0.29) is 29.7 Å². The average molecular weight is 554 g/mol. The number of halogens is 1. The maximum absolute atomic E-state index is 11.8. The summed E-state index contributed by atoms with van der Waals surface area (Å²) in [6.07, 6.45) is 0.703. The zero-order valence-electron chi connectivity index (χ0n) is 18.5. The molecule has 1 aliphatic heterocycles. The third-order valence-electron chi connectivity index (χ3n) is 5.06. The van der Waals surface area contributed by atoms with Crippen LogP contribution in [0.5, 0.6) is 5.75 Å². The zero-order chi connectivity index (χ0) is 21.3. The molecule has 1 heterocycles. The minimum Gasteiger partial charge on any atom is -0.497 e. The fraction of sp³-hybridized carbons (Fsp3) is 0.650. The Hall–Kier alpha value is -1.27. The molecule has 0 aliphatic carbocycles. The average Bonchev–Trinajstić information content (AvgIpc) is 2.75. The minimum atomic E-state index is -3.12. The first kappa shape index (κ1) is 26.8. The van der Waals surface area contributed by atoms with Crippen LogP contribution in [-0.4, -0.2) is 89.3 Å². The molecule has 10 heteroatoms. The highest BCUT2D eigenvalue weighted by Crippen LogP contribution is 2.22. The van der Waals surface area contributed by atoms with Crippen LogP contribution in [0.25, 0.3) is 0 Å². The van der Waals surface area contributed by atoms with Crippen LogP contribution in [0, 0.1) is 0 Å². The van der Waals surface area contributed by atoms with E-state index in [2.05, 4.69) is 34.2 Å². The number of ether oxygens (including phenoxy) is 1. The standard InChI is InChI=1S/C20H35N5O3S.HI/c1-5-21-20(22-11-8-12-23(3)29(26,27)6-2)25-15-13-24(14-16-25)18-9-7-10-19(17-18)28-4;/h7,9-10,17H,5-6,8,11-16H2,1-4H3,(H,21,22);1H. The molecule has 0 bridgehead atoms. The number of sulfonamides is 1. The molecule has 0 unspecified atom stereocenters. The maximum atomic E-state index is 11.8. The van der Waals surface area contributed by atoms with Gasteiger partial charge in [-0.25, -0.2) is 12.7 Å².